The molecule has 3 N–H and O–H groups in total. The Morgan fingerprint density at radius 3 is 2.05 bits per heavy atom. The lowest BCUT2D eigenvalue weighted by Crippen LogP contribution is -2.32. The molecule has 1 aromatic rings. The molecule has 0 amide bonds. The molecule has 0 aliphatic heterocycles. The Labute approximate surface area is 128 Å². The van der Waals surface area contributed by atoms with E-state index in [1.165, 1.54) is 13.1 Å². The van der Waals surface area contributed by atoms with E-state index >= 15 is 0 Å². The van der Waals surface area contributed by atoms with Gasteiger partial charge in [-0.2, -0.15) is 0 Å². The van der Waals surface area contributed by atoms with Gasteiger partial charge < -0.3 is 10.6 Å². The summed E-state index contributed by atoms with van der Waals surface area (Å²) >= 11 is 0. The van der Waals surface area contributed by atoms with Crippen molar-refractivity contribution in [2.45, 2.75) is 32.6 Å². The summed E-state index contributed by atoms with van der Waals surface area (Å²) in [6.07, 6.45) is 0. The van der Waals surface area contributed by atoms with Crippen LogP contribution in [0.4, 0.5) is 11.4 Å². The van der Waals surface area contributed by atoms with Crippen LogP contribution in [-0.2, 0) is 10.0 Å². The third kappa shape index (κ3) is 4.89. The molecule has 0 aromatic heterocycles. The standard InChI is InChI=1S/C15H27N3O2S/c1-11(2)9-18(10-12(3)4)15-7-6-13(8-14(15)16)21(19,20)17-5/h6-8,11-12,17H,9-10,16H2,1-5H3. The van der Waals surface area contributed by atoms with E-state index in [0.29, 0.717) is 17.5 Å². The third-order valence-corrected chi connectivity index (χ3v) is 4.50. The number of hydrogen-bond acceptors (Lipinski definition) is 4. The Bertz CT molecular complexity index is 558. The number of nitrogens with one attached hydrogen (secondary N) is 1. The summed E-state index contributed by atoms with van der Waals surface area (Å²) in [4.78, 5) is 2.42. The highest BCUT2D eigenvalue weighted by atomic mass is 32.2. The van der Waals surface area contributed by atoms with Gasteiger partial charge in [-0.1, -0.05) is 27.7 Å². The van der Waals surface area contributed by atoms with E-state index in [9.17, 15) is 8.42 Å². The second-order valence-electron chi connectivity index (χ2n) is 6.12. The molecule has 0 radical (unpaired) electrons. The first kappa shape index (κ1) is 17.8. The summed E-state index contributed by atoms with van der Waals surface area (Å²) in [6.45, 7) is 10.4. The van der Waals surface area contributed by atoms with Crippen molar-refractivity contribution < 1.29 is 8.42 Å². The molecule has 0 fully saturated rings. The lowest BCUT2D eigenvalue weighted by molar-refractivity contribution is 0.553. The number of anilines is 2. The summed E-state index contributed by atoms with van der Waals surface area (Å²) in [5.74, 6) is 1.01. The fourth-order valence-corrected chi connectivity index (χ4v) is 3.02. The largest absolute Gasteiger partial charge is 0.397 e. The zero-order valence-corrected chi connectivity index (χ0v) is 14.4. The first-order valence-corrected chi connectivity index (χ1v) is 8.73. The second-order valence-corrected chi connectivity index (χ2v) is 8.01. The van der Waals surface area contributed by atoms with Crippen molar-refractivity contribution in [2.24, 2.45) is 11.8 Å². The molecular weight excluding hydrogens is 286 g/mol. The normalized spacial score (nSPS) is 12.1. The lowest BCUT2D eigenvalue weighted by Gasteiger charge is -2.29. The topological polar surface area (TPSA) is 75.4 Å². The van der Waals surface area contributed by atoms with Crippen LogP contribution < -0.4 is 15.4 Å². The summed E-state index contributed by atoms with van der Waals surface area (Å²) in [5, 5.41) is 0. The fourth-order valence-electron chi connectivity index (χ4n) is 2.26. The number of rotatable bonds is 7. The van der Waals surface area contributed by atoms with Crippen molar-refractivity contribution in [3.63, 3.8) is 0 Å². The SMILES string of the molecule is CNS(=O)(=O)c1ccc(N(CC(C)C)CC(C)C)c(N)c1. The molecule has 0 aliphatic carbocycles. The van der Waals surface area contributed by atoms with Gasteiger partial charge in [0.25, 0.3) is 0 Å². The molecule has 0 heterocycles. The maximum absolute atomic E-state index is 11.8. The van der Waals surface area contributed by atoms with Crippen molar-refractivity contribution in [3.05, 3.63) is 18.2 Å². The van der Waals surface area contributed by atoms with Gasteiger partial charge in [-0.15, -0.1) is 0 Å². The Morgan fingerprint density at radius 1 is 1.14 bits per heavy atom. The number of benzene rings is 1. The number of nitrogen functional groups attached to an aromatic ring is 1. The lowest BCUT2D eigenvalue weighted by atomic mass is 10.1. The van der Waals surface area contributed by atoms with E-state index in [1.807, 2.05) is 0 Å². The Kier molecular flexibility index (Phi) is 6.04. The van der Waals surface area contributed by atoms with Gasteiger partial charge >= 0.3 is 0 Å². The van der Waals surface area contributed by atoms with Crippen LogP contribution in [0.15, 0.2) is 23.1 Å². The minimum atomic E-state index is -3.46. The van der Waals surface area contributed by atoms with E-state index in [1.54, 1.807) is 12.1 Å². The molecule has 0 saturated carbocycles. The van der Waals surface area contributed by atoms with Gasteiger partial charge in [-0.3, -0.25) is 0 Å². The van der Waals surface area contributed by atoms with Gasteiger partial charge in [0.05, 0.1) is 16.3 Å². The maximum Gasteiger partial charge on any atom is 0.240 e. The van der Waals surface area contributed by atoms with Gasteiger partial charge in [-0.25, -0.2) is 13.1 Å². The summed E-state index contributed by atoms with van der Waals surface area (Å²) in [7, 11) is -2.07. The molecule has 6 heteroatoms. The molecule has 0 bridgehead atoms. The van der Waals surface area contributed by atoms with Crippen molar-refractivity contribution in [1.29, 1.82) is 0 Å². The van der Waals surface area contributed by atoms with Crippen LogP contribution in [0.2, 0.25) is 0 Å². The van der Waals surface area contributed by atoms with Crippen LogP contribution in [-0.4, -0.2) is 28.6 Å². The van der Waals surface area contributed by atoms with E-state index in [4.69, 9.17) is 5.73 Å². The van der Waals surface area contributed by atoms with Gasteiger partial charge in [0.2, 0.25) is 10.0 Å². The van der Waals surface area contributed by atoms with Crippen LogP contribution in [0.25, 0.3) is 0 Å². The predicted molar refractivity (Wildman–Crippen MR) is 89.0 cm³/mol. The minimum absolute atomic E-state index is 0.195. The predicted octanol–water partition coefficient (Wildman–Crippen LogP) is 2.30. The summed E-state index contributed by atoms with van der Waals surface area (Å²) in [5.41, 5.74) is 7.48. The average Bonchev–Trinajstić information content (AvgIpc) is 2.36. The highest BCUT2D eigenvalue weighted by Crippen LogP contribution is 2.27. The smallest absolute Gasteiger partial charge is 0.240 e. The average molecular weight is 313 g/mol. The van der Waals surface area contributed by atoms with E-state index in [0.717, 1.165) is 18.8 Å². The molecule has 1 rings (SSSR count). The van der Waals surface area contributed by atoms with E-state index in [2.05, 4.69) is 37.3 Å². The fraction of sp³-hybridized carbons (Fsp3) is 0.600. The van der Waals surface area contributed by atoms with Crippen LogP contribution in [0.1, 0.15) is 27.7 Å². The Balaban J connectivity index is 3.16. The number of nitrogens with zero attached hydrogens (tertiary/aromatic N) is 1. The summed E-state index contributed by atoms with van der Waals surface area (Å²) < 4.78 is 25.9. The van der Waals surface area contributed by atoms with Crippen molar-refractivity contribution >= 4 is 21.4 Å². The van der Waals surface area contributed by atoms with Crippen molar-refractivity contribution in [1.82, 2.24) is 4.72 Å². The van der Waals surface area contributed by atoms with Crippen LogP contribution in [0, 0.1) is 11.8 Å². The highest BCUT2D eigenvalue weighted by molar-refractivity contribution is 7.89. The van der Waals surface area contributed by atoms with E-state index in [-0.39, 0.29) is 4.90 Å². The minimum Gasteiger partial charge on any atom is -0.397 e. The molecule has 1 aromatic carbocycles. The molecule has 0 spiro atoms. The van der Waals surface area contributed by atoms with Gasteiger partial charge in [-0.05, 0) is 37.1 Å². The first-order valence-electron chi connectivity index (χ1n) is 7.25. The number of nitrogens with two attached hydrogens (primary N) is 1. The molecule has 120 valence electrons. The van der Waals surface area contributed by atoms with Gasteiger partial charge in [0.15, 0.2) is 0 Å². The zero-order chi connectivity index (χ0) is 16.2. The molecule has 0 aliphatic rings. The monoisotopic (exact) mass is 313 g/mol. The first-order chi connectivity index (χ1) is 9.67. The van der Waals surface area contributed by atoms with Gasteiger partial charge in [0.1, 0.15) is 0 Å². The third-order valence-electron chi connectivity index (χ3n) is 3.09. The second kappa shape index (κ2) is 7.13. The van der Waals surface area contributed by atoms with Crippen LogP contribution in [0.5, 0.6) is 0 Å². The van der Waals surface area contributed by atoms with Crippen LogP contribution >= 0.6 is 0 Å². The Morgan fingerprint density at radius 2 is 1.67 bits per heavy atom. The molecule has 0 atom stereocenters. The number of sulfonamides is 1. The van der Waals surface area contributed by atoms with Gasteiger partial charge in [0, 0.05) is 13.1 Å². The van der Waals surface area contributed by atoms with E-state index < -0.39 is 10.0 Å². The van der Waals surface area contributed by atoms with Crippen LogP contribution in [0.3, 0.4) is 0 Å². The molecule has 0 saturated heterocycles. The quantitative estimate of drug-likeness (QED) is 0.757. The van der Waals surface area contributed by atoms with Crippen molar-refractivity contribution in [2.75, 3.05) is 30.8 Å². The molecular formula is C15H27N3O2S. The maximum atomic E-state index is 11.8. The zero-order valence-electron chi connectivity index (χ0n) is 13.6. The molecule has 5 nitrogen and oxygen atoms in total. The highest BCUT2D eigenvalue weighted by Gasteiger charge is 2.17. The Hall–Kier alpha value is -1.27. The molecule has 0 unspecified atom stereocenters. The van der Waals surface area contributed by atoms with Crippen molar-refractivity contribution in [3.8, 4) is 0 Å². The summed E-state index contributed by atoms with van der Waals surface area (Å²) in [6, 6.07) is 4.92. The molecule has 21 heavy (non-hydrogen) atoms. The number of hydrogen-bond donors (Lipinski definition) is 2.